The lowest BCUT2D eigenvalue weighted by atomic mass is 10.1. The second-order valence-electron chi connectivity index (χ2n) is 9.20. The van der Waals surface area contributed by atoms with Crippen molar-refractivity contribution in [1.82, 2.24) is 14.4 Å². The summed E-state index contributed by atoms with van der Waals surface area (Å²) in [5.41, 5.74) is 2.36. The topological polar surface area (TPSA) is 118 Å². The summed E-state index contributed by atoms with van der Waals surface area (Å²) in [6.07, 6.45) is 5.25. The van der Waals surface area contributed by atoms with Crippen molar-refractivity contribution in [2.45, 2.75) is 19.4 Å². The first-order valence-corrected chi connectivity index (χ1v) is 13.2. The largest absolute Gasteiger partial charge is 0.465 e. The van der Waals surface area contributed by atoms with E-state index in [1.54, 1.807) is 46.0 Å². The number of nitrogens with one attached hydrogen (secondary N) is 1. The van der Waals surface area contributed by atoms with E-state index < -0.39 is 17.1 Å². The van der Waals surface area contributed by atoms with Crippen LogP contribution in [0.15, 0.2) is 59.6 Å². The first kappa shape index (κ1) is 26.2. The Bertz CT molecular complexity index is 1500. The summed E-state index contributed by atoms with van der Waals surface area (Å²) in [5, 5.41) is 3.15. The average Bonchev–Trinajstić information content (AvgIpc) is 3.65. The van der Waals surface area contributed by atoms with Gasteiger partial charge in [-0.15, -0.1) is 0 Å². The fraction of sp³-hybridized carbons (Fsp3) is 0.250. The number of amides is 4. The van der Waals surface area contributed by atoms with Crippen molar-refractivity contribution in [3.05, 3.63) is 70.8 Å². The molecule has 5 rings (SSSR count). The highest BCUT2D eigenvalue weighted by Gasteiger charge is 2.37. The van der Waals surface area contributed by atoms with Gasteiger partial charge in [0, 0.05) is 41.4 Å². The maximum Gasteiger partial charge on any atom is 0.337 e. The minimum absolute atomic E-state index is 0.00107. The van der Waals surface area contributed by atoms with Gasteiger partial charge >= 0.3 is 5.97 Å². The Morgan fingerprint density at radius 1 is 1.00 bits per heavy atom. The molecule has 10 nitrogen and oxygen atoms in total. The van der Waals surface area contributed by atoms with Gasteiger partial charge in [0.1, 0.15) is 13.1 Å². The Morgan fingerprint density at radius 3 is 2.44 bits per heavy atom. The number of imide groups is 1. The molecular formula is C28H26N4O6S. The summed E-state index contributed by atoms with van der Waals surface area (Å²) in [7, 11) is 1.30. The number of fused-ring (bicyclic) bond motifs is 1. The van der Waals surface area contributed by atoms with Gasteiger partial charge in [-0.25, -0.2) is 4.79 Å². The number of anilines is 1. The van der Waals surface area contributed by atoms with Gasteiger partial charge < -0.3 is 19.5 Å². The molecule has 200 valence electrons. The van der Waals surface area contributed by atoms with Crippen LogP contribution < -0.4 is 5.32 Å². The number of likely N-dealkylation sites (tertiary alicyclic amines) is 1. The number of rotatable bonds is 7. The molecule has 2 aromatic carbocycles. The third-order valence-electron chi connectivity index (χ3n) is 6.64. The van der Waals surface area contributed by atoms with Crippen LogP contribution in [0.5, 0.6) is 0 Å². The highest BCUT2D eigenvalue weighted by Crippen LogP contribution is 2.34. The van der Waals surface area contributed by atoms with Gasteiger partial charge in [0.25, 0.3) is 11.1 Å². The highest BCUT2D eigenvalue weighted by atomic mass is 32.2. The van der Waals surface area contributed by atoms with E-state index in [0.29, 0.717) is 29.9 Å². The average molecular weight is 547 g/mol. The predicted octanol–water partition coefficient (Wildman–Crippen LogP) is 3.73. The van der Waals surface area contributed by atoms with Crippen molar-refractivity contribution in [3.63, 3.8) is 0 Å². The zero-order valence-electron chi connectivity index (χ0n) is 21.2. The molecule has 4 amide bonds. The number of ether oxygens (including phenoxy) is 1. The first-order chi connectivity index (χ1) is 18.8. The highest BCUT2D eigenvalue weighted by molar-refractivity contribution is 8.18. The minimum atomic E-state index is -0.498. The van der Waals surface area contributed by atoms with E-state index in [1.165, 1.54) is 7.11 Å². The normalized spacial score (nSPS) is 16.4. The van der Waals surface area contributed by atoms with Crippen LogP contribution >= 0.6 is 11.8 Å². The summed E-state index contributed by atoms with van der Waals surface area (Å²) in [6.45, 7) is 1.04. The van der Waals surface area contributed by atoms with Crippen LogP contribution in [0.2, 0.25) is 0 Å². The molecule has 11 heteroatoms. The van der Waals surface area contributed by atoms with Gasteiger partial charge in [0.05, 0.1) is 17.6 Å². The number of aromatic nitrogens is 1. The smallest absolute Gasteiger partial charge is 0.337 e. The number of esters is 1. The second-order valence-corrected chi connectivity index (χ2v) is 10.2. The number of carbonyl (C=O) groups excluding carboxylic acids is 5. The monoisotopic (exact) mass is 546 g/mol. The van der Waals surface area contributed by atoms with Gasteiger partial charge in [-0.1, -0.05) is 18.2 Å². The van der Waals surface area contributed by atoms with E-state index in [9.17, 15) is 24.0 Å². The number of methoxy groups -OCH3 is 1. The van der Waals surface area contributed by atoms with Crippen LogP contribution in [0.3, 0.4) is 0 Å². The number of hydrogen-bond donors (Lipinski definition) is 1. The summed E-state index contributed by atoms with van der Waals surface area (Å²) in [5.74, 6) is -1.47. The van der Waals surface area contributed by atoms with Crippen LogP contribution in [-0.4, -0.2) is 70.0 Å². The fourth-order valence-electron chi connectivity index (χ4n) is 4.66. The lowest BCUT2D eigenvalue weighted by molar-refractivity contribution is -0.135. The molecule has 2 saturated heterocycles. The Labute approximate surface area is 228 Å². The van der Waals surface area contributed by atoms with E-state index in [-0.39, 0.29) is 29.8 Å². The number of nitrogens with zero attached hydrogens (tertiary/aromatic N) is 3. The fourth-order valence-corrected chi connectivity index (χ4v) is 5.49. The van der Waals surface area contributed by atoms with Crippen molar-refractivity contribution in [1.29, 1.82) is 0 Å². The van der Waals surface area contributed by atoms with Gasteiger partial charge in [-0.05, 0) is 61.0 Å². The maximum absolute atomic E-state index is 13.0. The number of benzene rings is 2. The first-order valence-electron chi connectivity index (χ1n) is 12.4. The molecule has 39 heavy (non-hydrogen) atoms. The van der Waals surface area contributed by atoms with Crippen molar-refractivity contribution in [2.24, 2.45) is 0 Å². The van der Waals surface area contributed by atoms with Gasteiger partial charge in [-0.2, -0.15) is 0 Å². The van der Waals surface area contributed by atoms with Crippen molar-refractivity contribution < 1.29 is 28.7 Å². The Hall–Kier alpha value is -4.38. The molecule has 0 spiro atoms. The SMILES string of the molecule is COC(=O)c1ccc(NC(=O)Cn2cc(/C=C3\SC(=O)N(CC(=O)N4CCCC4)C3=O)c3ccccc32)cc1. The van der Waals surface area contributed by atoms with Gasteiger partial charge in [-0.3, -0.25) is 24.1 Å². The zero-order chi connectivity index (χ0) is 27.5. The van der Waals surface area contributed by atoms with Crippen LogP contribution in [0, 0.1) is 0 Å². The second kappa shape index (κ2) is 11.2. The molecule has 0 saturated carbocycles. The lowest BCUT2D eigenvalue weighted by Crippen LogP contribution is -2.40. The standard InChI is InChI=1S/C28H26N4O6S/c1-38-27(36)18-8-10-20(11-9-18)29-24(33)16-31-15-19(21-6-2-3-7-22(21)31)14-23-26(35)32(28(37)39-23)17-25(34)30-12-4-5-13-30/h2-3,6-11,14-15H,4-5,12-13,16-17H2,1H3,(H,29,33)/b23-14-. The van der Waals surface area contributed by atoms with Crippen molar-refractivity contribution in [3.8, 4) is 0 Å². The molecule has 2 aliphatic rings. The van der Waals surface area contributed by atoms with E-state index in [1.807, 2.05) is 24.3 Å². The molecule has 2 fully saturated rings. The van der Waals surface area contributed by atoms with Crippen LogP contribution in [0.4, 0.5) is 10.5 Å². The Morgan fingerprint density at radius 2 is 1.72 bits per heavy atom. The molecule has 0 radical (unpaired) electrons. The zero-order valence-corrected chi connectivity index (χ0v) is 22.0. The maximum atomic E-state index is 13.0. The molecule has 2 aliphatic heterocycles. The number of thioether (sulfide) groups is 1. The predicted molar refractivity (Wildman–Crippen MR) is 147 cm³/mol. The number of carbonyl (C=O) groups is 5. The summed E-state index contributed by atoms with van der Waals surface area (Å²) in [6, 6.07) is 13.8. The number of para-hydroxylation sites is 1. The molecule has 1 aromatic heterocycles. The summed E-state index contributed by atoms with van der Waals surface area (Å²) < 4.78 is 6.45. The molecule has 0 atom stereocenters. The molecule has 1 N–H and O–H groups in total. The van der Waals surface area contributed by atoms with Crippen LogP contribution in [0.1, 0.15) is 28.8 Å². The Kier molecular flexibility index (Phi) is 7.51. The van der Waals surface area contributed by atoms with E-state index in [0.717, 1.165) is 40.4 Å². The van der Waals surface area contributed by atoms with E-state index in [2.05, 4.69) is 10.1 Å². The van der Waals surface area contributed by atoms with Crippen molar-refractivity contribution in [2.75, 3.05) is 32.1 Å². The molecule has 3 aromatic rings. The van der Waals surface area contributed by atoms with E-state index >= 15 is 0 Å². The van der Waals surface area contributed by atoms with E-state index in [4.69, 9.17) is 0 Å². The third kappa shape index (κ3) is 5.58. The quantitative estimate of drug-likeness (QED) is 0.354. The molecule has 0 unspecified atom stereocenters. The molecular weight excluding hydrogens is 520 g/mol. The molecule has 0 bridgehead atoms. The molecule has 3 heterocycles. The third-order valence-corrected chi connectivity index (χ3v) is 7.54. The molecule has 0 aliphatic carbocycles. The summed E-state index contributed by atoms with van der Waals surface area (Å²) >= 11 is 0.806. The van der Waals surface area contributed by atoms with Crippen molar-refractivity contribution >= 4 is 63.4 Å². The number of hydrogen-bond acceptors (Lipinski definition) is 7. The Balaban J connectivity index is 1.32. The minimum Gasteiger partial charge on any atom is -0.465 e. The summed E-state index contributed by atoms with van der Waals surface area (Å²) in [4.78, 5) is 65.5. The van der Waals surface area contributed by atoms with Crippen LogP contribution in [-0.2, 0) is 25.7 Å². The van der Waals surface area contributed by atoms with Crippen LogP contribution in [0.25, 0.3) is 17.0 Å². The lowest BCUT2D eigenvalue weighted by Gasteiger charge is -2.18. The van der Waals surface area contributed by atoms with Gasteiger partial charge in [0.2, 0.25) is 11.8 Å². The van der Waals surface area contributed by atoms with Gasteiger partial charge in [0.15, 0.2) is 0 Å².